The molecule has 2 aromatic rings. The zero-order valence-corrected chi connectivity index (χ0v) is 20.7. The molecule has 1 aliphatic carbocycles. The molecule has 2 aromatic heterocycles. The smallest absolute Gasteiger partial charge is 0.132 e. The minimum Gasteiger partial charge on any atom is -0.383 e. The van der Waals surface area contributed by atoms with E-state index in [-0.39, 0.29) is 6.54 Å². The molecule has 8 heteroatoms. The lowest BCUT2D eigenvalue weighted by Crippen LogP contribution is -2.38. The lowest BCUT2D eigenvalue weighted by Gasteiger charge is -2.29. The molecule has 186 valence electrons. The number of methoxy groups -OCH3 is 1. The molecule has 1 saturated carbocycles. The zero-order chi connectivity index (χ0) is 23.8. The van der Waals surface area contributed by atoms with E-state index in [1.54, 1.807) is 13.3 Å². The van der Waals surface area contributed by atoms with E-state index < -0.39 is 5.67 Å². The number of rotatable bonds is 10. The van der Waals surface area contributed by atoms with Crippen LogP contribution in [0.5, 0.6) is 0 Å². The van der Waals surface area contributed by atoms with Crippen LogP contribution in [-0.2, 0) is 15.9 Å². The fourth-order valence-electron chi connectivity index (χ4n) is 4.87. The Balaban J connectivity index is 1.36. The van der Waals surface area contributed by atoms with E-state index in [1.165, 1.54) is 25.7 Å². The minimum atomic E-state index is -1.25. The van der Waals surface area contributed by atoms with E-state index in [4.69, 9.17) is 26.1 Å². The first kappa shape index (κ1) is 25.3. The van der Waals surface area contributed by atoms with Crippen molar-refractivity contribution in [3.8, 4) is 11.3 Å². The van der Waals surface area contributed by atoms with Crippen LogP contribution in [0, 0.1) is 5.92 Å². The normalized spacial score (nSPS) is 22.4. The van der Waals surface area contributed by atoms with Gasteiger partial charge >= 0.3 is 0 Å². The molecule has 1 saturated heterocycles. The predicted molar refractivity (Wildman–Crippen MR) is 134 cm³/mol. The van der Waals surface area contributed by atoms with Crippen molar-refractivity contribution in [2.45, 2.75) is 56.7 Å². The van der Waals surface area contributed by atoms with Gasteiger partial charge in [-0.1, -0.05) is 17.7 Å². The van der Waals surface area contributed by atoms with Gasteiger partial charge in [0.05, 0.1) is 23.9 Å². The quantitative estimate of drug-likeness (QED) is 0.453. The summed E-state index contributed by atoms with van der Waals surface area (Å²) in [4.78, 5) is 9.31. The number of hydrogen-bond donors (Lipinski definition) is 2. The van der Waals surface area contributed by atoms with E-state index in [2.05, 4.69) is 21.7 Å². The van der Waals surface area contributed by atoms with Crippen molar-refractivity contribution in [1.29, 1.82) is 0 Å². The first-order chi connectivity index (χ1) is 16.5. The molecule has 1 aliphatic heterocycles. The molecule has 0 spiro atoms. The third-order valence-electron chi connectivity index (χ3n) is 7.00. The summed E-state index contributed by atoms with van der Waals surface area (Å²) in [5.74, 6) is 1.28. The van der Waals surface area contributed by atoms with Gasteiger partial charge in [0.2, 0.25) is 0 Å². The number of alkyl halides is 1. The summed E-state index contributed by atoms with van der Waals surface area (Å²) in [6.45, 7) is 2.83. The number of nitrogens with one attached hydrogen (secondary N) is 2. The molecule has 4 rings (SSSR count). The second kappa shape index (κ2) is 12.2. The van der Waals surface area contributed by atoms with Crippen molar-refractivity contribution in [3.05, 3.63) is 41.2 Å². The monoisotopic (exact) mass is 490 g/mol. The Kier molecular flexibility index (Phi) is 9.11. The number of pyridine rings is 2. The standard InChI is InChI=1S/C26H36ClFN4O2/c1-33-14-11-29-20-7-5-19(6-8-20)15-21-16-22(23(27)17-30-21)24-3-2-4-25(32-24)31-18-26(28)9-12-34-13-10-26/h2-4,16-17,19-20,29H,5-15,18H2,1H3,(H,31,32). The first-order valence-electron chi connectivity index (χ1n) is 12.4. The second-order valence-corrected chi connectivity index (χ2v) is 9.96. The van der Waals surface area contributed by atoms with Gasteiger partial charge in [0.25, 0.3) is 0 Å². The Labute approximate surface area is 207 Å². The summed E-state index contributed by atoms with van der Waals surface area (Å²) in [6, 6.07) is 8.37. The SMILES string of the molecule is COCCNC1CCC(Cc2cc(-c3cccc(NCC4(F)CCOCC4)n3)c(Cl)cn2)CC1. The third kappa shape index (κ3) is 7.11. The molecule has 2 fully saturated rings. The highest BCUT2D eigenvalue weighted by molar-refractivity contribution is 6.33. The molecule has 0 atom stereocenters. The predicted octanol–water partition coefficient (Wildman–Crippen LogP) is 5.06. The van der Waals surface area contributed by atoms with Crippen molar-refractivity contribution in [3.63, 3.8) is 0 Å². The first-order valence-corrected chi connectivity index (χ1v) is 12.8. The molecule has 2 aliphatic rings. The number of hydrogen-bond acceptors (Lipinski definition) is 6. The highest BCUT2D eigenvalue weighted by Crippen LogP contribution is 2.31. The average Bonchev–Trinajstić information content (AvgIpc) is 2.86. The molecule has 0 unspecified atom stereocenters. The van der Waals surface area contributed by atoms with Crippen LogP contribution in [0.1, 0.15) is 44.2 Å². The molecule has 34 heavy (non-hydrogen) atoms. The van der Waals surface area contributed by atoms with Crippen LogP contribution in [0.4, 0.5) is 10.2 Å². The van der Waals surface area contributed by atoms with Crippen LogP contribution < -0.4 is 10.6 Å². The number of halogens is 2. The summed E-state index contributed by atoms with van der Waals surface area (Å²) >= 11 is 6.51. The highest BCUT2D eigenvalue weighted by atomic mass is 35.5. The van der Waals surface area contributed by atoms with Crippen molar-refractivity contribution in [1.82, 2.24) is 15.3 Å². The van der Waals surface area contributed by atoms with E-state index in [9.17, 15) is 4.39 Å². The van der Waals surface area contributed by atoms with Gasteiger partial charge in [0, 0.05) is 63.2 Å². The molecule has 3 heterocycles. The van der Waals surface area contributed by atoms with Gasteiger partial charge in [-0.15, -0.1) is 0 Å². The number of ether oxygens (including phenoxy) is 2. The highest BCUT2D eigenvalue weighted by Gasteiger charge is 2.32. The van der Waals surface area contributed by atoms with E-state index in [0.717, 1.165) is 36.5 Å². The maximum Gasteiger partial charge on any atom is 0.132 e. The van der Waals surface area contributed by atoms with Crippen molar-refractivity contribution < 1.29 is 13.9 Å². The van der Waals surface area contributed by atoms with E-state index in [0.29, 0.717) is 48.9 Å². The number of nitrogens with zero attached hydrogens (tertiary/aromatic N) is 2. The summed E-state index contributed by atoms with van der Waals surface area (Å²) in [5.41, 5.74) is 1.42. The topological polar surface area (TPSA) is 68.3 Å². The third-order valence-corrected chi connectivity index (χ3v) is 7.30. The van der Waals surface area contributed by atoms with E-state index in [1.807, 2.05) is 18.2 Å². The molecule has 0 bridgehead atoms. The maximum atomic E-state index is 14.9. The summed E-state index contributed by atoms with van der Waals surface area (Å²) < 4.78 is 25.3. The van der Waals surface area contributed by atoms with Gasteiger partial charge in [-0.05, 0) is 56.2 Å². The van der Waals surface area contributed by atoms with Crippen molar-refractivity contribution >= 4 is 17.4 Å². The summed E-state index contributed by atoms with van der Waals surface area (Å²) in [6.07, 6.45) is 8.24. The van der Waals surface area contributed by atoms with Gasteiger partial charge in [-0.3, -0.25) is 4.98 Å². The van der Waals surface area contributed by atoms with Crippen LogP contribution in [0.15, 0.2) is 30.5 Å². The van der Waals surface area contributed by atoms with Gasteiger partial charge in [0.15, 0.2) is 0 Å². The molecule has 6 nitrogen and oxygen atoms in total. The number of anilines is 1. The Morgan fingerprint density at radius 1 is 1.21 bits per heavy atom. The molecule has 0 radical (unpaired) electrons. The van der Waals surface area contributed by atoms with Crippen LogP contribution in [0.2, 0.25) is 5.02 Å². The fraction of sp³-hybridized carbons (Fsp3) is 0.615. The fourth-order valence-corrected chi connectivity index (χ4v) is 5.07. The summed E-state index contributed by atoms with van der Waals surface area (Å²) in [5, 5.41) is 7.33. The van der Waals surface area contributed by atoms with Gasteiger partial charge in [0.1, 0.15) is 11.5 Å². The maximum absolute atomic E-state index is 14.9. The van der Waals surface area contributed by atoms with Gasteiger partial charge < -0.3 is 20.1 Å². The second-order valence-electron chi connectivity index (χ2n) is 9.55. The van der Waals surface area contributed by atoms with Crippen molar-refractivity contribution in [2.75, 3.05) is 45.3 Å². The van der Waals surface area contributed by atoms with Crippen LogP contribution in [0.25, 0.3) is 11.3 Å². The lowest BCUT2D eigenvalue weighted by molar-refractivity contribution is -0.00119. The molecule has 0 aromatic carbocycles. The molecule has 0 amide bonds. The Morgan fingerprint density at radius 3 is 2.76 bits per heavy atom. The summed E-state index contributed by atoms with van der Waals surface area (Å²) in [7, 11) is 1.74. The lowest BCUT2D eigenvalue weighted by atomic mass is 9.83. The largest absolute Gasteiger partial charge is 0.383 e. The van der Waals surface area contributed by atoms with Gasteiger partial charge in [-0.25, -0.2) is 9.37 Å². The van der Waals surface area contributed by atoms with Crippen LogP contribution in [-0.4, -0.2) is 61.7 Å². The molecular formula is C26H36ClFN4O2. The Hall–Kier alpha value is -1.80. The molecule has 2 N–H and O–H groups in total. The van der Waals surface area contributed by atoms with Gasteiger partial charge in [-0.2, -0.15) is 0 Å². The average molecular weight is 491 g/mol. The molecular weight excluding hydrogens is 455 g/mol. The Bertz CT molecular complexity index is 917. The Morgan fingerprint density at radius 2 is 2.00 bits per heavy atom. The van der Waals surface area contributed by atoms with E-state index >= 15 is 0 Å². The minimum absolute atomic E-state index is 0.227. The zero-order valence-electron chi connectivity index (χ0n) is 20.0. The van der Waals surface area contributed by atoms with Crippen LogP contribution >= 0.6 is 11.6 Å². The van der Waals surface area contributed by atoms with Crippen molar-refractivity contribution in [2.24, 2.45) is 5.92 Å². The number of aromatic nitrogens is 2. The van der Waals surface area contributed by atoms with Crippen LogP contribution in [0.3, 0.4) is 0 Å².